The maximum atomic E-state index is 11.6. The van der Waals surface area contributed by atoms with E-state index in [9.17, 15) is 9.90 Å². The van der Waals surface area contributed by atoms with E-state index in [1.54, 1.807) is 0 Å². The first kappa shape index (κ1) is 18.4. The third-order valence-electron chi connectivity index (χ3n) is 4.51. The number of nitrogens with one attached hydrogen (secondary N) is 1. The molecular formula is C16H33N3O2. The van der Waals surface area contributed by atoms with Crippen molar-refractivity contribution < 1.29 is 9.90 Å². The van der Waals surface area contributed by atoms with Gasteiger partial charge in [0.2, 0.25) is 0 Å². The smallest absolute Gasteiger partial charge is 0.323 e. The molecule has 0 radical (unpaired) electrons. The van der Waals surface area contributed by atoms with Gasteiger partial charge in [0.25, 0.3) is 0 Å². The number of nitrogens with zero attached hydrogens (tertiary/aromatic N) is 2. The predicted octanol–water partition coefficient (Wildman–Crippen LogP) is 1.64. The van der Waals surface area contributed by atoms with Gasteiger partial charge in [0.05, 0.1) is 0 Å². The largest absolute Gasteiger partial charge is 0.480 e. The van der Waals surface area contributed by atoms with Gasteiger partial charge in [-0.1, -0.05) is 13.8 Å². The summed E-state index contributed by atoms with van der Waals surface area (Å²) in [6, 6.07) is 0.291. The number of piperazine rings is 1. The van der Waals surface area contributed by atoms with E-state index in [1.165, 1.54) is 13.0 Å². The molecule has 21 heavy (non-hydrogen) atoms. The minimum absolute atomic E-state index is 0.291. The first-order valence-electron chi connectivity index (χ1n) is 8.37. The molecule has 0 aliphatic carbocycles. The van der Waals surface area contributed by atoms with E-state index in [0.29, 0.717) is 12.5 Å². The molecule has 5 nitrogen and oxygen atoms in total. The summed E-state index contributed by atoms with van der Waals surface area (Å²) in [6.45, 7) is 14.5. The molecule has 1 fully saturated rings. The van der Waals surface area contributed by atoms with Gasteiger partial charge in [0, 0.05) is 32.2 Å². The summed E-state index contributed by atoms with van der Waals surface area (Å²) in [5, 5.41) is 12.7. The molecule has 5 heteroatoms. The number of rotatable bonds is 9. The summed E-state index contributed by atoms with van der Waals surface area (Å²) >= 11 is 0. The van der Waals surface area contributed by atoms with Crippen LogP contribution in [0.4, 0.5) is 0 Å². The summed E-state index contributed by atoms with van der Waals surface area (Å²) in [5.74, 6) is -0.743. The van der Waals surface area contributed by atoms with Gasteiger partial charge >= 0.3 is 5.97 Å². The monoisotopic (exact) mass is 299 g/mol. The summed E-state index contributed by atoms with van der Waals surface area (Å²) < 4.78 is 0. The van der Waals surface area contributed by atoms with Crippen molar-refractivity contribution in [3.8, 4) is 0 Å². The van der Waals surface area contributed by atoms with Crippen LogP contribution >= 0.6 is 0 Å². The number of hydrogen-bond acceptors (Lipinski definition) is 4. The van der Waals surface area contributed by atoms with Gasteiger partial charge in [-0.25, -0.2) is 0 Å². The second kappa shape index (κ2) is 8.71. The maximum absolute atomic E-state index is 11.6. The molecule has 1 aliphatic heterocycles. The Morgan fingerprint density at radius 1 is 1.24 bits per heavy atom. The van der Waals surface area contributed by atoms with E-state index in [4.69, 9.17) is 0 Å². The quantitative estimate of drug-likeness (QED) is 0.678. The van der Waals surface area contributed by atoms with E-state index in [1.807, 2.05) is 6.92 Å². The summed E-state index contributed by atoms with van der Waals surface area (Å²) in [4.78, 5) is 16.5. The molecule has 2 unspecified atom stereocenters. The van der Waals surface area contributed by atoms with Crippen LogP contribution in [0.15, 0.2) is 0 Å². The Balaban J connectivity index is 2.50. The minimum Gasteiger partial charge on any atom is -0.480 e. The van der Waals surface area contributed by atoms with E-state index < -0.39 is 11.5 Å². The van der Waals surface area contributed by atoms with Crippen molar-refractivity contribution in [2.45, 2.75) is 58.5 Å². The number of carboxylic acid groups (broad SMARTS) is 1. The van der Waals surface area contributed by atoms with Gasteiger partial charge in [-0.15, -0.1) is 0 Å². The van der Waals surface area contributed by atoms with Gasteiger partial charge in [-0.2, -0.15) is 0 Å². The van der Waals surface area contributed by atoms with Crippen molar-refractivity contribution >= 4 is 5.97 Å². The first-order chi connectivity index (χ1) is 9.92. The molecule has 0 saturated carbocycles. The third-order valence-corrected chi connectivity index (χ3v) is 4.51. The minimum atomic E-state index is -0.823. The highest BCUT2D eigenvalue weighted by Crippen LogP contribution is 2.18. The molecule has 0 spiro atoms. The number of aliphatic carboxylic acids is 1. The summed E-state index contributed by atoms with van der Waals surface area (Å²) in [5.41, 5.74) is -0.823. The van der Waals surface area contributed by atoms with Crippen molar-refractivity contribution in [1.82, 2.24) is 15.1 Å². The number of carboxylic acids is 1. The highest BCUT2D eigenvalue weighted by Gasteiger charge is 2.35. The zero-order valence-corrected chi connectivity index (χ0v) is 14.2. The van der Waals surface area contributed by atoms with E-state index in [-0.39, 0.29) is 0 Å². The molecular weight excluding hydrogens is 266 g/mol. The van der Waals surface area contributed by atoms with Gasteiger partial charge in [-0.3, -0.25) is 9.69 Å². The number of carbonyl (C=O) groups is 1. The second-order valence-electron chi connectivity index (χ2n) is 6.49. The molecule has 2 atom stereocenters. The maximum Gasteiger partial charge on any atom is 0.323 e. The van der Waals surface area contributed by atoms with Crippen molar-refractivity contribution in [3.05, 3.63) is 0 Å². The van der Waals surface area contributed by atoms with Gasteiger partial charge < -0.3 is 15.3 Å². The lowest BCUT2D eigenvalue weighted by Crippen LogP contribution is -2.56. The zero-order chi connectivity index (χ0) is 15.9. The van der Waals surface area contributed by atoms with Crippen molar-refractivity contribution in [2.24, 2.45) is 0 Å². The Bertz CT molecular complexity index is 317. The third kappa shape index (κ3) is 5.57. The van der Waals surface area contributed by atoms with E-state index >= 15 is 0 Å². The summed E-state index contributed by atoms with van der Waals surface area (Å²) in [6.07, 6.45) is 2.80. The van der Waals surface area contributed by atoms with Crippen LogP contribution < -0.4 is 5.32 Å². The molecule has 1 saturated heterocycles. The number of hydrogen-bond donors (Lipinski definition) is 2. The molecule has 0 aromatic heterocycles. The standard InChI is InChI=1S/C16H33N3O2/c1-5-7-17-16(4,15(20)21)13-14(3)19-11-9-18(8-6-2)10-12-19/h14,17H,5-13H2,1-4H3,(H,20,21). The molecule has 0 aromatic carbocycles. The van der Waals surface area contributed by atoms with E-state index in [2.05, 4.69) is 35.9 Å². The Kier molecular flexibility index (Phi) is 7.63. The second-order valence-corrected chi connectivity index (χ2v) is 6.49. The average molecular weight is 299 g/mol. The first-order valence-corrected chi connectivity index (χ1v) is 8.37. The van der Waals surface area contributed by atoms with Gasteiger partial charge in [0.1, 0.15) is 5.54 Å². The van der Waals surface area contributed by atoms with E-state index in [0.717, 1.165) is 39.1 Å². The van der Waals surface area contributed by atoms with Crippen LogP contribution in [0.3, 0.4) is 0 Å². The Hall–Kier alpha value is -0.650. The zero-order valence-electron chi connectivity index (χ0n) is 14.2. The molecule has 0 amide bonds. The normalized spacial score (nSPS) is 21.9. The highest BCUT2D eigenvalue weighted by atomic mass is 16.4. The molecule has 2 N–H and O–H groups in total. The fourth-order valence-electron chi connectivity index (χ4n) is 3.10. The Labute approximate surface area is 129 Å². The lowest BCUT2D eigenvalue weighted by Gasteiger charge is -2.40. The predicted molar refractivity (Wildman–Crippen MR) is 86.7 cm³/mol. The van der Waals surface area contributed by atoms with Gasteiger partial charge in [0.15, 0.2) is 0 Å². The molecule has 1 heterocycles. The Morgan fingerprint density at radius 3 is 2.33 bits per heavy atom. The topological polar surface area (TPSA) is 55.8 Å². The molecule has 0 bridgehead atoms. The van der Waals surface area contributed by atoms with Crippen molar-refractivity contribution in [1.29, 1.82) is 0 Å². The molecule has 0 aromatic rings. The lowest BCUT2D eigenvalue weighted by molar-refractivity contribution is -0.145. The summed E-state index contributed by atoms with van der Waals surface area (Å²) in [7, 11) is 0. The average Bonchev–Trinajstić information content (AvgIpc) is 2.46. The molecule has 1 aliphatic rings. The molecule has 1 rings (SSSR count). The fraction of sp³-hybridized carbons (Fsp3) is 0.938. The van der Waals surface area contributed by atoms with Crippen LogP contribution in [0.2, 0.25) is 0 Å². The fourth-order valence-corrected chi connectivity index (χ4v) is 3.10. The van der Waals surface area contributed by atoms with Crippen LogP contribution in [0, 0.1) is 0 Å². The Morgan fingerprint density at radius 2 is 1.86 bits per heavy atom. The van der Waals surface area contributed by atoms with Crippen LogP contribution in [-0.4, -0.2) is 71.7 Å². The van der Waals surface area contributed by atoms with Crippen LogP contribution in [-0.2, 0) is 4.79 Å². The lowest BCUT2D eigenvalue weighted by atomic mass is 9.92. The van der Waals surface area contributed by atoms with Crippen LogP contribution in [0.5, 0.6) is 0 Å². The SMILES string of the molecule is CCCNC(C)(CC(C)N1CCN(CCC)CC1)C(=O)O. The van der Waals surface area contributed by atoms with Gasteiger partial charge in [-0.05, 0) is 46.2 Å². The van der Waals surface area contributed by atoms with Crippen molar-refractivity contribution in [2.75, 3.05) is 39.3 Å². The molecule has 124 valence electrons. The van der Waals surface area contributed by atoms with Crippen molar-refractivity contribution in [3.63, 3.8) is 0 Å². The highest BCUT2D eigenvalue weighted by molar-refractivity contribution is 5.78. The van der Waals surface area contributed by atoms with Crippen LogP contribution in [0.1, 0.15) is 47.0 Å². The van der Waals surface area contributed by atoms with Crippen LogP contribution in [0.25, 0.3) is 0 Å².